The molecule has 1 rings (SSSR count). The predicted octanol–water partition coefficient (Wildman–Crippen LogP) is 4.55. The number of aryl methyl sites for hydroxylation is 2. The lowest BCUT2D eigenvalue weighted by Crippen LogP contribution is -2.24. The van der Waals surface area contributed by atoms with Crippen molar-refractivity contribution in [2.75, 3.05) is 19.4 Å². The van der Waals surface area contributed by atoms with Gasteiger partial charge in [0, 0.05) is 5.41 Å². The Bertz CT molecular complexity index is 504. The van der Waals surface area contributed by atoms with E-state index in [2.05, 4.69) is 0 Å². The number of benzene rings is 1. The second-order valence-corrected chi connectivity index (χ2v) is 8.00. The van der Waals surface area contributed by atoms with Gasteiger partial charge >= 0.3 is 7.60 Å². The van der Waals surface area contributed by atoms with Crippen LogP contribution >= 0.6 is 7.60 Å². The normalized spacial score (nSPS) is 12.7. The Hall–Kier alpha value is -0.830. The summed E-state index contributed by atoms with van der Waals surface area (Å²) >= 11 is 0. The first-order valence-electron chi connectivity index (χ1n) is 7.34. The molecule has 0 heterocycles. The maximum Gasteiger partial charge on any atom is 0.331 e. The summed E-state index contributed by atoms with van der Waals surface area (Å²) in [5.41, 5.74) is 2.29. The zero-order valence-corrected chi connectivity index (χ0v) is 14.8. The smallest absolute Gasteiger partial charge is 0.331 e. The van der Waals surface area contributed by atoms with Gasteiger partial charge in [0.1, 0.15) is 5.75 Å². The number of hydrogen-bond donors (Lipinski definition) is 1. The summed E-state index contributed by atoms with van der Waals surface area (Å²) < 4.78 is 23.5. The van der Waals surface area contributed by atoms with Gasteiger partial charge in [0.25, 0.3) is 0 Å². The van der Waals surface area contributed by atoms with Crippen molar-refractivity contribution in [2.45, 2.75) is 47.0 Å². The highest BCUT2D eigenvalue weighted by Gasteiger charge is 2.35. The van der Waals surface area contributed by atoms with Gasteiger partial charge in [-0.25, -0.2) is 0 Å². The van der Waals surface area contributed by atoms with Crippen LogP contribution in [0.4, 0.5) is 0 Å². The molecule has 0 bridgehead atoms. The SMILES string of the molecule is CCOP(=O)(CC(C)(C)c1cc(C)c(O)c(C)c1)OCC. The second-order valence-electron chi connectivity index (χ2n) is 5.95. The van der Waals surface area contributed by atoms with E-state index in [1.807, 2.05) is 53.7 Å². The van der Waals surface area contributed by atoms with Gasteiger partial charge in [-0.15, -0.1) is 0 Å². The molecule has 1 aromatic rings. The monoisotopic (exact) mass is 314 g/mol. The Morgan fingerprint density at radius 3 is 1.90 bits per heavy atom. The van der Waals surface area contributed by atoms with Gasteiger partial charge < -0.3 is 14.2 Å². The Balaban J connectivity index is 3.12. The molecule has 0 saturated heterocycles. The minimum atomic E-state index is -3.11. The summed E-state index contributed by atoms with van der Waals surface area (Å²) in [4.78, 5) is 0. The number of phenols is 1. The van der Waals surface area contributed by atoms with Crippen molar-refractivity contribution in [1.82, 2.24) is 0 Å². The third-order valence-corrected chi connectivity index (χ3v) is 5.99. The van der Waals surface area contributed by atoms with Gasteiger partial charge in [-0.05, 0) is 44.4 Å². The summed E-state index contributed by atoms with van der Waals surface area (Å²) in [6, 6.07) is 3.87. The molecule has 0 spiro atoms. The van der Waals surface area contributed by atoms with Crippen LogP contribution in [0.25, 0.3) is 0 Å². The van der Waals surface area contributed by atoms with Crippen LogP contribution in [-0.4, -0.2) is 24.5 Å². The molecule has 1 N–H and O–H groups in total. The van der Waals surface area contributed by atoms with E-state index in [4.69, 9.17) is 9.05 Å². The molecule has 0 amide bonds. The molecule has 5 heteroatoms. The first-order valence-corrected chi connectivity index (χ1v) is 9.07. The van der Waals surface area contributed by atoms with Crippen molar-refractivity contribution < 1.29 is 18.7 Å². The molecule has 0 unspecified atom stereocenters. The standard InChI is InChI=1S/C16H27O4P/c1-7-19-21(18,20-8-2)11-16(5,6)14-9-12(3)15(17)13(4)10-14/h9-10,17H,7-8,11H2,1-6H3. The molecule has 0 radical (unpaired) electrons. The van der Waals surface area contributed by atoms with Crippen molar-refractivity contribution >= 4 is 7.60 Å². The van der Waals surface area contributed by atoms with E-state index in [1.54, 1.807) is 0 Å². The number of hydrogen-bond acceptors (Lipinski definition) is 4. The van der Waals surface area contributed by atoms with Gasteiger partial charge in [-0.2, -0.15) is 0 Å². The quantitative estimate of drug-likeness (QED) is 0.750. The lowest BCUT2D eigenvalue weighted by molar-refractivity contribution is 0.215. The fourth-order valence-electron chi connectivity index (χ4n) is 2.44. The summed E-state index contributed by atoms with van der Waals surface area (Å²) in [7, 11) is -3.11. The Labute approximate surface area is 128 Å². The van der Waals surface area contributed by atoms with E-state index in [1.165, 1.54) is 0 Å². The van der Waals surface area contributed by atoms with Crippen molar-refractivity contribution in [3.05, 3.63) is 28.8 Å². The van der Waals surface area contributed by atoms with Gasteiger partial charge in [0.15, 0.2) is 0 Å². The molecule has 0 aromatic heterocycles. The van der Waals surface area contributed by atoms with E-state index in [-0.39, 0.29) is 5.41 Å². The van der Waals surface area contributed by atoms with Crippen LogP contribution in [0.3, 0.4) is 0 Å². The van der Waals surface area contributed by atoms with Crippen LogP contribution in [0.1, 0.15) is 44.4 Å². The second kappa shape index (κ2) is 6.95. The molecule has 0 saturated carbocycles. The molecule has 1 aromatic carbocycles. The van der Waals surface area contributed by atoms with Crippen molar-refractivity contribution in [2.24, 2.45) is 0 Å². The van der Waals surface area contributed by atoms with Crippen LogP contribution < -0.4 is 0 Å². The fourth-order valence-corrected chi connectivity index (χ4v) is 4.64. The van der Waals surface area contributed by atoms with Crippen LogP contribution in [0.2, 0.25) is 0 Å². The van der Waals surface area contributed by atoms with Crippen LogP contribution in [0, 0.1) is 13.8 Å². The van der Waals surface area contributed by atoms with E-state index in [9.17, 15) is 9.67 Å². The molecular weight excluding hydrogens is 287 g/mol. The highest BCUT2D eigenvalue weighted by molar-refractivity contribution is 7.53. The number of aromatic hydroxyl groups is 1. The average Bonchev–Trinajstić information content (AvgIpc) is 2.34. The summed E-state index contributed by atoms with van der Waals surface area (Å²) in [6.07, 6.45) is 0.311. The fraction of sp³-hybridized carbons (Fsp3) is 0.625. The zero-order chi connectivity index (χ0) is 16.3. The molecular formula is C16H27O4P. The largest absolute Gasteiger partial charge is 0.507 e. The van der Waals surface area contributed by atoms with Gasteiger partial charge in [-0.3, -0.25) is 4.57 Å². The molecule has 0 aliphatic heterocycles. The van der Waals surface area contributed by atoms with E-state index < -0.39 is 7.60 Å². The third-order valence-electron chi connectivity index (χ3n) is 3.51. The molecule has 0 aliphatic carbocycles. The Morgan fingerprint density at radius 2 is 1.52 bits per heavy atom. The Kier molecular flexibility index (Phi) is 6.03. The molecule has 120 valence electrons. The average molecular weight is 314 g/mol. The van der Waals surface area contributed by atoms with Gasteiger partial charge in [-0.1, -0.05) is 26.0 Å². The number of phenolic OH excluding ortho intramolecular Hbond substituents is 1. The zero-order valence-electron chi connectivity index (χ0n) is 13.9. The molecule has 21 heavy (non-hydrogen) atoms. The molecule has 4 nitrogen and oxygen atoms in total. The van der Waals surface area contributed by atoms with E-state index in [0.29, 0.717) is 25.1 Å². The van der Waals surface area contributed by atoms with Crippen molar-refractivity contribution in [1.29, 1.82) is 0 Å². The summed E-state index contributed by atoms with van der Waals surface area (Å²) in [5, 5.41) is 9.89. The lowest BCUT2D eigenvalue weighted by atomic mass is 9.85. The minimum absolute atomic E-state index is 0.311. The van der Waals surface area contributed by atoms with Crippen molar-refractivity contribution in [3.8, 4) is 5.75 Å². The molecule has 0 aliphatic rings. The maximum absolute atomic E-state index is 12.7. The van der Waals surface area contributed by atoms with Gasteiger partial charge in [0.2, 0.25) is 0 Å². The van der Waals surface area contributed by atoms with Gasteiger partial charge in [0.05, 0.1) is 19.4 Å². The molecule has 0 atom stereocenters. The van der Waals surface area contributed by atoms with E-state index in [0.717, 1.165) is 16.7 Å². The lowest BCUT2D eigenvalue weighted by Gasteiger charge is -2.30. The topological polar surface area (TPSA) is 55.8 Å². The van der Waals surface area contributed by atoms with Crippen molar-refractivity contribution in [3.63, 3.8) is 0 Å². The highest BCUT2D eigenvalue weighted by atomic mass is 31.2. The minimum Gasteiger partial charge on any atom is -0.507 e. The van der Waals surface area contributed by atoms with Crippen LogP contribution in [0.15, 0.2) is 12.1 Å². The highest BCUT2D eigenvalue weighted by Crippen LogP contribution is 2.53. The summed E-state index contributed by atoms with van der Waals surface area (Å²) in [6.45, 7) is 12.1. The third kappa shape index (κ3) is 4.57. The van der Waals surface area contributed by atoms with Crippen LogP contribution in [0.5, 0.6) is 5.75 Å². The van der Waals surface area contributed by atoms with E-state index >= 15 is 0 Å². The first kappa shape index (κ1) is 18.2. The predicted molar refractivity (Wildman–Crippen MR) is 86.3 cm³/mol. The maximum atomic E-state index is 12.7. The summed E-state index contributed by atoms with van der Waals surface area (Å²) in [5.74, 6) is 0.312. The molecule has 0 fully saturated rings. The Morgan fingerprint density at radius 1 is 1.10 bits per heavy atom. The first-order chi connectivity index (χ1) is 9.65. The van der Waals surface area contributed by atoms with Crippen LogP contribution in [-0.2, 0) is 19.0 Å². The number of rotatable bonds is 7.